The van der Waals surface area contributed by atoms with E-state index in [-0.39, 0.29) is 5.92 Å². The van der Waals surface area contributed by atoms with E-state index in [0.29, 0.717) is 0 Å². The number of fused-ring (bicyclic) bond motifs is 1. The van der Waals surface area contributed by atoms with E-state index in [1.165, 1.54) is 6.42 Å². The third-order valence-electron chi connectivity index (χ3n) is 6.28. The molecule has 1 aliphatic rings. The smallest absolute Gasteiger partial charge is 0.119 e. The fourth-order valence-electron chi connectivity index (χ4n) is 4.81. The van der Waals surface area contributed by atoms with E-state index in [1.54, 1.807) is 7.11 Å². The predicted octanol–water partition coefficient (Wildman–Crippen LogP) is 5.25. The van der Waals surface area contributed by atoms with Crippen LogP contribution in [-0.4, -0.2) is 37.8 Å². The van der Waals surface area contributed by atoms with Crippen LogP contribution < -0.4 is 4.74 Å². The molecule has 0 aliphatic heterocycles. The van der Waals surface area contributed by atoms with Crippen LogP contribution in [0.15, 0.2) is 54.6 Å². The lowest BCUT2D eigenvalue weighted by Crippen LogP contribution is -2.43. The van der Waals surface area contributed by atoms with E-state index in [9.17, 15) is 5.11 Å². The number of benzene rings is 3. The molecule has 0 spiro atoms. The predicted molar refractivity (Wildman–Crippen MR) is 119 cm³/mol. The van der Waals surface area contributed by atoms with Crippen molar-refractivity contribution in [3.8, 4) is 16.9 Å². The van der Waals surface area contributed by atoms with Crippen LogP contribution in [0.5, 0.6) is 5.75 Å². The molecule has 4 rings (SSSR count). The Bertz CT molecular complexity index is 997. The average Bonchev–Trinajstić information content (AvgIpc) is 2.74. The Morgan fingerprint density at radius 2 is 1.90 bits per heavy atom. The molecule has 3 aromatic rings. The fourth-order valence-corrected chi connectivity index (χ4v) is 4.81. The SMILES string of the molecule is COc1ccc2cc(-c3[c]cccc3C3(O)CCCCC3CN(C)C)ccc2c1. The molecule has 0 saturated heterocycles. The van der Waals surface area contributed by atoms with Crippen molar-refractivity contribution in [3.05, 3.63) is 66.2 Å². The topological polar surface area (TPSA) is 32.7 Å². The second kappa shape index (κ2) is 8.17. The van der Waals surface area contributed by atoms with Crippen LogP contribution in [0.4, 0.5) is 0 Å². The summed E-state index contributed by atoms with van der Waals surface area (Å²) in [7, 11) is 5.87. The van der Waals surface area contributed by atoms with E-state index >= 15 is 0 Å². The maximum absolute atomic E-state index is 11.9. The van der Waals surface area contributed by atoms with E-state index in [2.05, 4.69) is 61.5 Å². The van der Waals surface area contributed by atoms with Gasteiger partial charge in [-0.2, -0.15) is 0 Å². The molecule has 3 aromatic carbocycles. The van der Waals surface area contributed by atoms with E-state index in [0.717, 1.165) is 59.0 Å². The molecule has 29 heavy (non-hydrogen) atoms. The number of aliphatic hydroxyl groups is 1. The Morgan fingerprint density at radius 1 is 1.10 bits per heavy atom. The minimum atomic E-state index is -0.815. The highest BCUT2D eigenvalue weighted by Crippen LogP contribution is 2.45. The first-order valence-electron chi connectivity index (χ1n) is 10.5. The Morgan fingerprint density at radius 3 is 2.69 bits per heavy atom. The van der Waals surface area contributed by atoms with E-state index in [4.69, 9.17) is 4.74 Å². The lowest BCUT2D eigenvalue weighted by Gasteiger charge is -2.42. The van der Waals surface area contributed by atoms with Gasteiger partial charge >= 0.3 is 0 Å². The standard InChI is InChI=1S/C26H30NO2/c1-27(2)18-22-8-6-7-15-26(22,28)25-10-5-4-9-24(25)21-12-11-20-17-23(29-3)14-13-19(20)16-21/h4-5,10-14,16-17,22,28H,6-8,15,18H2,1-3H3. The van der Waals surface area contributed by atoms with Crippen LogP contribution in [0.3, 0.4) is 0 Å². The van der Waals surface area contributed by atoms with Crippen molar-refractivity contribution in [1.29, 1.82) is 0 Å². The van der Waals surface area contributed by atoms with Gasteiger partial charge in [-0.15, -0.1) is 0 Å². The summed E-state index contributed by atoms with van der Waals surface area (Å²) in [5, 5.41) is 14.2. The Kier molecular flexibility index (Phi) is 5.62. The summed E-state index contributed by atoms with van der Waals surface area (Å²) in [6, 6.07) is 22.1. The van der Waals surface area contributed by atoms with Crippen LogP contribution in [0.2, 0.25) is 0 Å². The maximum Gasteiger partial charge on any atom is 0.119 e. The van der Waals surface area contributed by atoms with Crippen molar-refractivity contribution in [1.82, 2.24) is 4.90 Å². The van der Waals surface area contributed by atoms with Gasteiger partial charge in [-0.1, -0.05) is 49.2 Å². The van der Waals surface area contributed by atoms with Gasteiger partial charge in [-0.3, -0.25) is 0 Å². The highest BCUT2D eigenvalue weighted by molar-refractivity contribution is 5.88. The minimum Gasteiger partial charge on any atom is -0.497 e. The zero-order valence-electron chi connectivity index (χ0n) is 17.6. The zero-order chi connectivity index (χ0) is 20.4. The molecule has 2 atom stereocenters. The Balaban J connectivity index is 1.79. The normalized spacial score (nSPS) is 22.2. The molecule has 1 N–H and O–H groups in total. The average molecular weight is 389 g/mol. The van der Waals surface area contributed by atoms with Crippen molar-refractivity contribution >= 4 is 10.8 Å². The van der Waals surface area contributed by atoms with E-state index in [1.807, 2.05) is 18.2 Å². The van der Waals surface area contributed by atoms with Crippen LogP contribution in [-0.2, 0) is 5.60 Å². The molecule has 1 aliphatic carbocycles. The molecule has 1 fully saturated rings. The largest absolute Gasteiger partial charge is 0.497 e. The highest BCUT2D eigenvalue weighted by atomic mass is 16.5. The van der Waals surface area contributed by atoms with Crippen LogP contribution in [0.25, 0.3) is 21.9 Å². The third-order valence-corrected chi connectivity index (χ3v) is 6.28. The van der Waals surface area contributed by atoms with Crippen molar-refractivity contribution in [3.63, 3.8) is 0 Å². The number of hydrogen-bond donors (Lipinski definition) is 1. The Hall–Kier alpha value is -2.36. The molecule has 1 saturated carbocycles. The second-order valence-corrected chi connectivity index (χ2v) is 8.52. The molecule has 1 radical (unpaired) electrons. The molecule has 0 heterocycles. The fraction of sp³-hybridized carbons (Fsp3) is 0.385. The molecular formula is C26H30NO2. The van der Waals surface area contributed by atoms with Gasteiger partial charge in [0.05, 0.1) is 12.7 Å². The van der Waals surface area contributed by atoms with Crippen molar-refractivity contribution < 1.29 is 9.84 Å². The second-order valence-electron chi connectivity index (χ2n) is 8.52. The summed E-state index contributed by atoms with van der Waals surface area (Å²) >= 11 is 0. The monoisotopic (exact) mass is 388 g/mol. The van der Waals surface area contributed by atoms with E-state index < -0.39 is 5.60 Å². The van der Waals surface area contributed by atoms with Gasteiger partial charge in [-0.05, 0) is 78.7 Å². The van der Waals surface area contributed by atoms with Crippen molar-refractivity contribution in [2.75, 3.05) is 27.7 Å². The third kappa shape index (κ3) is 3.90. The quantitative estimate of drug-likeness (QED) is 0.647. The van der Waals surface area contributed by atoms with Gasteiger partial charge in [-0.25, -0.2) is 0 Å². The van der Waals surface area contributed by atoms with Crippen LogP contribution in [0.1, 0.15) is 31.2 Å². The van der Waals surface area contributed by atoms with Gasteiger partial charge in [0.25, 0.3) is 0 Å². The molecule has 2 unspecified atom stereocenters. The van der Waals surface area contributed by atoms with Crippen LogP contribution >= 0.6 is 0 Å². The maximum atomic E-state index is 11.9. The summed E-state index contributed by atoms with van der Waals surface area (Å²) in [4.78, 5) is 2.19. The number of nitrogens with zero attached hydrogens (tertiary/aromatic N) is 1. The lowest BCUT2D eigenvalue weighted by molar-refractivity contribution is -0.0614. The van der Waals surface area contributed by atoms with Gasteiger partial charge in [0.2, 0.25) is 0 Å². The molecule has 3 heteroatoms. The molecule has 0 bridgehead atoms. The van der Waals surface area contributed by atoms with Gasteiger partial charge in [0.1, 0.15) is 5.75 Å². The number of methoxy groups -OCH3 is 1. The Labute approximate surface area is 173 Å². The van der Waals surface area contributed by atoms with Gasteiger partial charge in [0, 0.05) is 12.5 Å². The van der Waals surface area contributed by atoms with Crippen molar-refractivity contribution in [2.24, 2.45) is 5.92 Å². The summed E-state index contributed by atoms with van der Waals surface area (Å²) in [6.45, 7) is 0.891. The molecular weight excluding hydrogens is 358 g/mol. The zero-order valence-corrected chi connectivity index (χ0v) is 17.6. The highest BCUT2D eigenvalue weighted by Gasteiger charge is 2.41. The minimum absolute atomic E-state index is 0.227. The number of ether oxygens (including phenoxy) is 1. The summed E-state index contributed by atoms with van der Waals surface area (Å²) in [5.74, 6) is 1.09. The molecule has 3 nitrogen and oxygen atoms in total. The molecule has 0 aromatic heterocycles. The first kappa shape index (κ1) is 19.9. The first-order chi connectivity index (χ1) is 14.0. The molecule has 151 valence electrons. The summed E-state index contributed by atoms with van der Waals surface area (Å²) < 4.78 is 5.35. The summed E-state index contributed by atoms with van der Waals surface area (Å²) in [6.07, 6.45) is 4.11. The van der Waals surface area contributed by atoms with Gasteiger partial charge in [0.15, 0.2) is 0 Å². The number of rotatable bonds is 5. The molecule has 0 amide bonds. The van der Waals surface area contributed by atoms with Crippen LogP contribution in [0, 0.1) is 12.0 Å². The summed E-state index contributed by atoms with van der Waals surface area (Å²) in [5.41, 5.74) is 2.31. The van der Waals surface area contributed by atoms with Gasteiger partial charge < -0.3 is 14.7 Å². The number of hydrogen-bond acceptors (Lipinski definition) is 3. The first-order valence-corrected chi connectivity index (χ1v) is 10.5. The van der Waals surface area contributed by atoms with Crippen molar-refractivity contribution in [2.45, 2.75) is 31.3 Å². The lowest BCUT2D eigenvalue weighted by atomic mass is 9.69.